The summed E-state index contributed by atoms with van der Waals surface area (Å²) in [6.07, 6.45) is 1.59. The molecule has 2 rings (SSSR count). The Labute approximate surface area is 138 Å². The van der Waals surface area contributed by atoms with E-state index in [1.807, 2.05) is 6.92 Å². The van der Waals surface area contributed by atoms with Crippen LogP contribution in [0.3, 0.4) is 0 Å². The SMILES string of the molecule is C[n+]1cccc(C(Cl)Cl)c1F.Cc1ccc(S(=O)(=O)[O-])cc1. The first-order valence-corrected chi connectivity index (χ1v) is 8.36. The lowest BCUT2D eigenvalue weighted by molar-refractivity contribution is -0.700. The number of benzene rings is 1. The molecular formula is C14H14Cl2FNO3S. The van der Waals surface area contributed by atoms with Crippen LogP contribution in [0.15, 0.2) is 47.5 Å². The molecule has 0 saturated heterocycles. The average molecular weight is 366 g/mol. The summed E-state index contributed by atoms with van der Waals surface area (Å²) in [4.78, 5) is -0.981. The highest BCUT2D eigenvalue weighted by Gasteiger charge is 2.16. The maximum atomic E-state index is 13.0. The van der Waals surface area contributed by atoms with Gasteiger partial charge in [-0.1, -0.05) is 40.9 Å². The van der Waals surface area contributed by atoms with Crippen molar-refractivity contribution in [3.63, 3.8) is 0 Å². The van der Waals surface area contributed by atoms with E-state index in [0.29, 0.717) is 5.56 Å². The molecule has 0 atom stereocenters. The molecule has 0 aliphatic carbocycles. The van der Waals surface area contributed by atoms with E-state index in [2.05, 4.69) is 0 Å². The molecule has 0 amide bonds. The Morgan fingerprint density at radius 3 is 2.14 bits per heavy atom. The normalized spacial score (nSPS) is 11.0. The van der Waals surface area contributed by atoms with Gasteiger partial charge in [-0.25, -0.2) is 8.42 Å². The molecule has 120 valence electrons. The Morgan fingerprint density at radius 1 is 1.18 bits per heavy atom. The van der Waals surface area contributed by atoms with E-state index in [-0.39, 0.29) is 4.90 Å². The van der Waals surface area contributed by atoms with E-state index in [4.69, 9.17) is 23.2 Å². The van der Waals surface area contributed by atoms with Crippen LogP contribution in [0, 0.1) is 12.9 Å². The highest BCUT2D eigenvalue weighted by Crippen LogP contribution is 2.24. The fourth-order valence-corrected chi connectivity index (χ4v) is 2.28. The summed E-state index contributed by atoms with van der Waals surface area (Å²) >= 11 is 11.0. The zero-order valence-corrected chi connectivity index (χ0v) is 14.2. The van der Waals surface area contributed by atoms with Crippen molar-refractivity contribution < 1.29 is 21.9 Å². The predicted octanol–water partition coefficient (Wildman–Crippen LogP) is 3.03. The second-order valence-corrected chi connectivity index (χ2v) is 6.91. The Bertz CT molecular complexity index is 734. The lowest BCUT2D eigenvalue weighted by Gasteiger charge is -2.05. The van der Waals surface area contributed by atoms with Gasteiger partial charge in [0.25, 0.3) is 0 Å². The first-order valence-electron chi connectivity index (χ1n) is 6.07. The zero-order chi connectivity index (χ0) is 16.9. The summed E-state index contributed by atoms with van der Waals surface area (Å²) in [5.74, 6) is -0.400. The highest BCUT2D eigenvalue weighted by atomic mass is 35.5. The number of alkyl halides is 2. The summed E-state index contributed by atoms with van der Waals surface area (Å²) in [5, 5.41) is 0. The van der Waals surface area contributed by atoms with Gasteiger partial charge >= 0.3 is 5.95 Å². The average Bonchev–Trinajstić information content (AvgIpc) is 2.41. The standard InChI is InChI=1S/C7H7Cl2FN.C7H8O3S/c1-11-4-2-3-5(6(8)9)7(11)10;1-6-2-4-7(5-3-6)11(8,9)10/h2-4,6H,1H3;2-5H,1H3,(H,8,9,10)/q+1;/p-1. The van der Waals surface area contributed by atoms with Crippen LogP contribution in [0.25, 0.3) is 0 Å². The van der Waals surface area contributed by atoms with Crippen molar-refractivity contribution >= 4 is 33.3 Å². The number of rotatable bonds is 2. The second-order valence-electron chi connectivity index (χ2n) is 4.43. The predicted molar refractivity (Wildman–Crippen MR) is 81.2 cm³/mol. The maximum absolute atomic E-state index is 13.0. The van der Waals surface area contributed by atoms with Crippen molar-refractivity contribution in [3.05, 3.63) is 59.7 Å². The van der Waals surface area contributed by atoms with Crippen LogP contribution >= 0.6 is 23.2 Å². The Balaban J connectivity index is 0.000000220. The topological polar surface area (TPSA) is 61.1 Å². The molecule has 1 heterocycles. The van der Waals surface area contributed by atoms with Gasteiger partial charge in [-0.2, -0.15) is 4.57 Å². The molecule has 0 unspecified atom stereocenters. The van der Waals surface area contributed by atoms with E-state index in [9.17, 15) is 17.4 Å². The minimum Gasteiger partial charge on any atom is -0.744 e. The summed E-state index contributed by atoms with van der Waals surface area (Å²) in [6, 6.07) is 9.03. The van der Waals surface area contributed by atoms with Crippen molar-refractivity contribution in [3.8, 4) is 0 Å². The van der Waals surface area contributed by atoms with Gasteiger partial charge in [0, 0.05) is 6.07 Å². The Hall–Kier alpha value is -1.21. The third kappa shape index (κ3) is 5.53. The first-order chi connectivity index (χ1) is 10.1. The summed E-state index contributed by atoms with van der Waals surface area (Å²) < 4.78 is 45.5. The molecule has 0 N–H and O–H groups in total. The number of pyridine rings is 1. The van der Waals surface area contributed by atoms with Crippen molar-refractivity contribution in [1.29, 1.82) is 0 Å². The smallest absolute Gasteiger partial charge is 0.365 e. The van der Waals surface area contributed by atoms with Gasteiger partial charge in [0.1, 0.15) is 22.0 Å². The quantitative estimate of drug-likeness (QED) is 0.355. The molecule has 0 aliphatic rings. The monoisotopic (exact) mass is 365 g/mol. The minimum atomic E-state index is -4.27. The Kier molecular flexibility index (Phi) is 6.74. The van der Waals surface area contributed by atoms with Crippen molar-refractivity contribution in [1.82, 2.24) is 0 Å². The van der Waals surface area contributed by atoms with E-state index >= 15 is 0 Å². The zero-order valence-electron chi connectivity index (χ0n) is 11.8. The number of aromatic nitrogens is 1. The number of aryl methyl sites for hydroxylation is 2. The molecule has 1 aromatic carbocycles. The number of hydrogen-bond acceptors (Lipinski definition) is 3. The van der Waals surface area contributed by atoms with Crippen LogP contribution in [0.5, 0.6) is 0 Å². The van der Waals surface area contributed by atoms with Crippen LogP contribution in [-0.4, -0.2) is 13.0 Å². The number of nitrogens with zero attached hydrogens (tertiary/aromatic N) is 1. The summed E-state index contributed by atoms with van der Waals surface area (Å²) in [5.41, 5.74) is 1.23. The van der Waals surface area contributed by atoms with Crippen LogP contribution < -0.4 is 4.57 Å². The molecule has 0 radical (unpaired) electrons. The van der Waals surface area contributed by atoms with Gasteiger partial charge in [-0.15, -0.1) is 4.39 Å². The molecule has 0 aliphatic heterocycles. The maximum Gasteiger partial charge on any atom is 0.365 e. The van der Waals surface area contributed by atoms with E-state index < -0.39 is 20.9 Å². The molecule has 2 aromatic rings. The van der Waals surface area contributed by atoms with E-state index in [0.717, 1.165) is 5.56 Å². The van der Waals surface area contributed by atoms with Gasteiger partial charge in [-0.3, -0.25) is 0 Å². The highest BCUT2D eigenvalue weighted by molar-refractivity contribution is 7.85. The second kappa shape index (κ2) is 7.87. The van der Waals surface area contributed by atoms with E-state index in [1.165, 1.54) is 16.7 Å². The third-order valence-electron chi connectivity index (χ3n) is 2.68. The van der Waals surface area contributed by atoms with Crippen LogP contribution in [0.4, 0.5) is 4.39 Å². The van der Waals surface area contributed by atoms with Gasteiger partial charge in [0.2, 0.25) is 0 Å². The molecule has 0 bridgehead atoms. The molecule has 0 saturated carbocycles. The van der Waals surface area contributed by atoms with E-state index in [1.54, 1.807) is 37.5 Å². The van der Waals surface area contributed by atoms with Crippen molar-refractivity contribution in [2.45, 2.75) is 16.7 Å². The fraction of sp³-hybridized carbons (Fsp3) is 0.214. The Morgan fingerprint density at radius 2 is 1.73 bits per heavy atom. The molecule has 1 aromatic heterocycles. The summed E-state index contributed by atoms with van der Waals surface area (Å²) in [6.45, 7) is 1.82. The summed E-state index contributed by atoms with van der Waals surface area (Å²) in [7, 11) is -2.68. The van der Waals surface area contributed by atoms with Crippen LogP contribution in [-0.2, 0) is 17.2 Å². The van der Waals surface area contributed by atoms with Gasteiger partial charge in [0.15, 0.2) is 6.20 Å². The fourth-order valence-electron chi connectivity index (χ4n) is 1.48. The lowest BCUT2D eigenvalue weighted by atomic mass is 10.2. The van der Waals surface area contributed by atoms with Gasteiger partial charge in [-0.05, 0) is 25.1 Å². The van der Waals surface area contributed by atoms with Crippen molar-refractivity contribution in [2.24, 2.45) is 7.05 Å². The van der Waals surface area contributed by atoms with Crippen LogP contribution in [0.1, 0.15) is 16.0 Å². The molecule has 22 heavy (non-hydrogen) atoms. The molecule has 0 fully saturated rings. The lowest BCUT2D eigenvalue weighted by Crippen LogP contribution is -2.33. The molecule has 0 spiro atoms. The largest absolute Gasteiger partial charge is 0.744 e. The van der Waals surface area contributed by atoms with Gasteiger partial charge in [0.05, 0.1) is 10.5 Å². The number of hydrogen-bond donors (Lipinski definition) is 0. The number of halogens is 3. The van der Waals surface area contributed by atoms with Gasteiger partial charge < -0.3 is 4.55 Å². The molecule has 4 nitrogen and oxygen atoms in total. The minimum absolute atomic E-state index is 0.178. The molecular weight excluding hydrogens is 352 g/mol. The van der Waals surface area contributed by atoms with Crippen LogP contribution in [0.2, 0.25) is 0 Å². The molecule has 8 heteroatoms. The first kappa shape index (κ1) is 18.8. The van der Waals surface area contributed by atoms with Crippen molar-refractivity contribution in [2.75, 3.05) is 0 Å². The third-order valence-corrected chi connectivity index (χ3v) is 4.00.